The first-order valence-electron chi connectivity index (χ1n) is 10.1. The van der Waals surface area contributed by atoms with E-state index in [9.17, 15) is 9.59 Å². The van der Waals surface area contributed by atoms with Gasteiger partial charge in [0.15, 0.2) is 0 Å². The maximum Gasteiger partial charge on any atom is 0.242 e. The molecule has 0 aromatic heterocycles. The van der Waals surface area contributed by atoms with Crippen LogP contribution in [-0.4, -0.2) is 35.1 Å². The van der Waals surface area contributed by atoms with E-state index in [2.05, 4.69) is 29.6 Å². The molecule has 162 valence electrons. The topological polar surface area (TPSA) is 49.4 Å². The van der Waals surface area contributed by atoms with Gasteiger partial charge in [-0.2, -0.15) is 0 Å². The number of nitrogens with zero attached hydrogens (tertiary/aromatic N) is 1. The van der Waals surface area contributed by atoms with Crippen LogP contribution in [0.15, 0.2) is 47.4 Å². The second-order valence-electron chi connectivity index (χ2n) is 7.00. The van der Waals surface area contributed by atoms with Crippen molar-refractivity contribution in [3.63, 3.8) is 0 Å². The van der Waals surface area contributed by atoms with Gasteiger partial charge in [-0.25, -0.2) is 0 Å². The molecule has 0 aliphatic carbocycles. The normalized spacial score (nSPS) is 11.8. The molecule has 0 heterocycles. The lowest BCUT2D eigenvalue weighted by Gasteiger charge is -2.30. The quantitative estimate of drug-likeness (QED) is 0.454. The monoisotopic (exact) mass is 466 g/mol. The highest BCUT2D eigenvalue weighted by Gasteiger charge is 2.28. The van der Waals surface area contributed by atoms with Gasteiger partial charge < -0.3 is 10.2 Å². The fraction of sp³-hybridized carbons (Fsp3) is 0.391. The van der Waals surface area contributed by atoms with Crippen molar-refractivity contribution in [1.82, 2.24) is 10.2 Å². The maximum absolute atomic E-state index is 13.1. The summed E-state index contributed by atoms with van der Waals surface area (Å²) in [6.07, 6.45) is 0.875. The van der Waals surface area contributed by atoms with Crippen LogP contribution in [0.4, 0.5) is 0 Å². The molecule has 7 heteroatoms. The van der Waals surface area contributed by atoms with E-state index in [4.69, 9.17) is 23.2 Å². The zero-order valence-electron chi connectivity index (χ0n) is 17.6. The summed E-state index contributed by atoms with van der Waals surface area (Å²) < 4.78 is 0. The molecule has 0 fully saturated rings. The molecule has 2 aromatic carbocycles. The third kappa shape index (κ3) is 7.22. The van der Waals surface area contributed by atoms with E-state index in [1.54, 1.807) is 28.8 Å². The Morgan fingerprint density at radius 3 is 2.37 bits per heavy atom. The molecule has 0 radical (unpaired) electrons. The molecule has 0 bridgehead atoms. The third-order valence-corrected chi connectivity index (χ3v) is 6.43. The summed E-state index contributed by atoms with van der Waals surface area (Å²) in [6.45, 7) is 6.66. The summed E-state index contributed by atoms with van der Waals surface area (Å²) in [5.41, 5.74) is 2.04. The van der Waals surface area contributed by atoms with Crippen molar-refractivity contribution >= 4 is 46.8 Å². The van der Waals surface area contributed by atoms with E-state index in [-0.39, 0.29) is 11.8 Å². The van der Waals surface area contributed by atoms with Crippen LogP contribution in [-0.2, 0) is 16.1 Å². The highest BCUT2D eigenvalue weighted by atomic mass is 35.5. The van der Waals surface area contributed by atoms with Crippen LogP contribution < -0.4 is 5.32 Å². The predicted molar refractivity (Wildman–Crippen MR) is 126 cm³/mol. The van der Waals surface area contributed by atoms with Crippen molar-refractivity contribution in [2.75, 3.05) is 12.3 Å². The summed E-state index contributed by atoms with van der Waals surface area (Å²) in [5, 5.41) is 3.73. The number of carbonyl (C=O) groups is 2. The Morgan fingerprint density at radius 1 is 1.07 bits per heavy atom. The lowest BCUT2D eigenvalue weighted by atomic mass is 10.1. The highest BCUT2D eigenvalue weighted by molar-refractivity contribution is 7.99. The minimum Gasteiger partial charge on any atom is -0.355 e. The molecule has 0 saturated heterocycles. The molecule has 2 rings (SSSR count). The van der Waals surface area contributed by atoms with Crippen molar-refractivity contribution < 1.29 is 9.59 Å². The molecule has 30 heavy (non-hydrogen) atoms. The zero-order valence-corrected chi connectivity index (χ0v) is 19.9. The molecule has 0 unspecified atom stereocenters. The molecule has 2 aromatic rings. The van der Waals surface area contributed by atoms with Crippen LogP contribution in [0, 0.1) is 6.92 Å². The average Bonchev–Trinajstić information content (AvgIpc) is 2.72. The minimum atomic E-state index is -0.531. The van der Waals surface area contributed by atoms with Gasteiger partial charge in [0.1, 0.15) is 6.04 Å². The smallest absolute Gasteiger partial charge is 0.242 e. The van der Waals surface area contributed by atoms with Crippen molar-refractivity contribution in [2.24, 2.45) is 0 Å². The van der Waals surface area contributed by atoms with E-state index in [1.165, 1.54) is 5.56 Å². The molecular weight excluding hydrogens is 439 g/mol. The first kappa shape index (κ1) is 24.6. The van der Waals surface area contributed by atoms with Gasteiger partial charge in [0.05, 0.1) is 10.0 Å². The van der Waals surface area contributed by atoms with Crippen molar-refractivity contribution in [3.05, 3.63) is 63.6 Å². The Labute approximate surface area is 193 Å². The number of halogens is 2. The molecule has 0 spiro atoms. The van der Waals surface area contributed by atoms with E-state index < -0.39 is 6.04 Å². The molecule has 1 atom stereocenters. The van der Waals surface area contributed by atoms with Crippen LogP contribution in [0.5, 0.6) is 0 Å². The Morgan fingerprint density at radius 2 is 1.77 bits per heavy atom. The summed E-state index contributed by atoms with van der Waals surface area (Å²) in [4.78, 5) is 28.5. The average molecular weight is 467 g/mol. The number of thioether (sulfide) groups is 1. The Hall–Kier alpha value is -1.69. The number of likely N-dealkylation sites (N-methyl/N-ethyl adjacent to an activating group) is 1. The molecule has 0 saturated carbocycles. The van der Waals surface area contributed by atoms with Crippen LogP contribution in [0.2, 0.25) is 10.0 Å². The van der Waals surface area contributed by atoms with E-state index in [1.807, 2.05) is 26.8 Å². The number of amides is 2. The zero-order chi connectivity index (χ0) is 22.1. The number of hydrogen-bond donors (Lipinski definition) is 1. The van der Waals surface area contributed by atoms with Gasteiger partial charge in [0.25, 0.3) is 0 Å². The predicted octanol–water partition coefficient (Wildman–Crippen LogP) is 5.73. The summed E-state index contributed by atoms with van der Waals surface area (Å²) in [6, 6.07) is 13.0. The van der Waals surface area contributed by atoms with Gasteiger partial charge in [-0.1, -0.05) is 53.9 Å². The van der Waals surface area contributed by atoms with E-state index in [0.717, 1.165) is 10.5 Å². The Balaban J connectivity index is 2.13. The minimum absolute atomic E-state index is 0.0567. The number of aryl methyl sites for hydroxylation is 1. The summed E-state index contributed by atoms with van der Waals surface area (Å²) >= 11 is 13.8. The van der Waals surface area contributed by atoms with Crippen LogP contribution in [0.3, 0.4) is 0 Å². The molecule has 0 aliphatic rings. The van der Waals surface area contributed by atoms with Gasteiger partial charge in [-0.15, -0.1) is 11.8 Å². The van der Waals surface area contributed by atoms with Crippen LogP contribution in [0.1, 0.15) is 37.8 Å². The number of rotatable bonds is 10. The summed E-state index contributed by atoms with van der Waals surface area (Å²) in [7, 11) is 0. The van der Waals surface area contributed by atoms with Gasteiger partial charge in [0.2, 0.25) is 11.8 Å². The fourth-order valence-electron chi connectivity index (χ4n) is 3.08. The van der Waals surface area contributed by atoms with Gasteiger partial charge in [-0.05, 0) is 50.1 Å². The van der Waals surface area contributed by atoms with Crippen LogP contribution >= 0.6 is 35.0 Å². The Kier molecular flexibility index (Phi) is 10.0. The lowest BCUT2D eigenvalue weighted by Crippen LogP contribution is -2.49. The lowest BCUT2D eigenvalue weighted by molar-refractivity contribution is -0.141. The standard InChI is InChI=1S/C23H28Cl2N2O2S/c1-4-21(23(29)26-5-2)27(15-17-8-11-19(24)20(25)14-17)22(28)12-13-30-18-9-6-16(3)7-10-18/h6-11,14,21H,4-5,12-13,15H2,1-3H3,(H,26,29)/t21-/m0/s1. The number of benzene rings is 2. The van der Waals surface area contributed by atoms with E-state index >= 15 is 0 Å². The number of carbonyl (C=O) groups excluding carboxylic acids is 2. The first-order valence-corrected chi connectivity index (χ1v) is 11.8. The molecule has 1 N–H and O–H groups in total. The van der Waals surface area contributed by atoms with Crippen molar-refractivity contribution in [1.29, 1.82) is 0 Å². The SMILES string of the molecule is CCNC(=O)[C@H](CC)N(Cc1ccc(Cl)c(Cl)c1)C(=O)CCSc1ccc(C)cc1. The Bertz CT molecular complexity index is 859. The molecule has 4 nitrogen and oxygen atoms in total. The van der Waals surface area contributed by atoms with Gasteiger partial charge in [-0.3, -0.25) is 9.59 Å². The van der Waals surface area contributed by atoms with Crippen molar-refractivity contribution in [3.8, 4) is 0 Å². The highest BCUT2D eigenvalue weighted by Crippen LogP contribution is 2.25. The van der Waals surface area contributed by atoms with E-state index in [0.29, 0.717) is 41.7 Å². The van der Waals surface area contributed by atoms with Gasteiger partial charge in [0, 0.05) is 30.2 Å². The van der Waals surface area contributed by atoms with Gasteiger partial charge >= 0.3 is 0 Å². The number of hydrogen-bond acceptors (Lipinski definition) is 3. The molecule has 2 amide bonds. The molecule has 0 aliphatic heterocycles. The number of nitrogens with one attached hydrogen (secondary N) is 1. The fourth-order valence-corrected chi connectivity index (χ4v) is 4.24. The van der Waals surface area contributed by atoms with Crippen LogP contribution in [0.25, 0.3) is 0 Å². The van der Waals surface area contributed by atoms with Crippen molar-refractivity contribution in [2.45, 2.75) is 51.1 Å². The summed E-state index contributed by atoms with van der Waals surface area (Å²) in [5.74, 6) is 0.449. The second-order valence-corrected chi connectivity index (χ2v) is 8.98. The molecular formula is C23H28Cl2N2O2S. The maximum atomic E-state index is 13.1. The first-order chi connectivity index (χ1) is 14.3. The largest absolute Gasteiger partial charge is 0.355 e. The second kappa shape index (κ2) is 12.2. The third-order valence-electron chi connectivity index (χ3n) is 4.68.